The van der Waals surface area contributed by atoms with E-state index in [4.69, 9.17) is 9.47 Å². The molecule has 1 aliphatic rings. The first kappa shape index (κ1) is 23.1. The fourth-order valence-electron chi connectivity index (χ4n) is 3.56. The summed E-state index contributed by atoms with van der Waals surface area (Å²) >= 11 is 3.56. The second-order valence-electron chi connectivity index (χ2n) is 7.47. The van der Waals surface area contributed by atoms with Crippen LogP contribution >= 0.6 is 15.9 Å². The number of halogens is 1. The van der Waals surface area contributed by atoms with Gasteiger partial charge in [-0.2, -0.15) is 0 Å². The Morgan fingerprint density at radius 1 is 0.903 bits per heavy atom. The van der Waals surface area contributed by atoms with Crippen LogP contribution in [0.3, 0.4) is 0 Å². The van der Waals surface area contributed by atoms with E-state index in [-0.39, 0.29) is 18.2 Å². The molecule has 166 valence electrons. The summed E-state index contributed by atoms with van der Waals surface area (Å²) in [5, 5.41) is 0. The summed E-state index contributed by atoms with van der Waals surface area (Å²) in [7, 11) is 0. The van der Waals surface area contributed by atoms with Crippen molar-refractivity contribution in [1.29, 1.82) is 0 Å². The van der Waals surface area contributed by atoms with Gasteiger partial charge in [-0.05, 0) is 50.6 Å². The summed E-state index contributed by atoms with van der Waals surface area (Å²) in [5.74, 6) is 1.36. The molecule has 0 aliphatic carbocycles. The Labute approximate surface area is 192 Å². The van der Waals surface area contributed by atoms with E-state index in [1.54, 1.807) is 0 Å². The number of piperazine rings is 1. The SMILES string of the molecule is CCOc1cc(Br)c(CC(=O)N2CCN(C(=O)c3ccc(C)cc3)CC2)cc1OCC. The molecule has 6 nitrogen and oxygen atoms in total. The highest BCUT2D eigenvalue weighted by Crippen LogP contribution is 2.34. The lowest BCUT2D eigenvalue weighted by Gasteiger charge is -2.35. The van der Waals surface area contributed by atoms with Crippen LogP contribution in [0, 0.1) is 6.92 Å². The molecule has 2 aromatic carbocycles. The fraction of sp³-hybridized carbons (Fsp3) is 0.417. The Morgan fingerprint density at radius 3 is 2.03 bits per heavy atom. The molecule has 0 saturated carbocycles. The Kier molecular flexibility index (Phi) is 7.96. The van der Waals surface area contributed by atoms with Crippen molar-refractivity contribution in [2.24, 2.45) is 0 Å². The van der Waals surface area contributed by atoms with Gasteiger partial charge in [0.2, 0.25) is 5.91 Å². The molecule has 0 unspecified atom stereocenters. The van der Waals surface area contributed by atoms with Gasteiger partial charge in [0.15, 0.2) is 11.5 Å². The van der Waals surface area contributed by atoms with Crippen LogP contribution in [0.25, 0.3) is 0 Å². The highest BCUT2D eigenvalue weighted by Gasteiger charge is 2.25. The molecule has 0 radical (unpaired) electrons. The number of carbonyl (C=O) groups excluding carboxylic acids is 2. The number of nitrogens with zero attached hydrogens (tertiary/aromatic N) is 2. The molecule has 1 heterocycles. The predicted octanol–water partition coefficient (Wildman–Crippen LogP) is 4.08. The monoisotopic (exact) mass is 488 g/mol. The number of carbonyl (C=O) groups is 2. The zero-order valence-corrected chi connectivity index (χ0v) is 19.9. The van der Waals surface area contributed by atoms with Crippen molar-refractivity contribution in [2.45, 2.75) is 27.2 Å². The van der Waals surface area contributed by atoms with Crippen LogP contribution in [0.2, 0.25) is 0 Å². The van der Waals surface area contributed by atoms with Crippen molar-refractivity contribution >= 4 is 27.7 Å². The fourth-order valence-corrected chi connectivity index (χ4v) is 4.02. The number of hydrogen-bond acceptors (Lipinski definition) is 4. The van der Waals surface area contributed by atoms with Crippen molar-refractivity contribution in [3.8, 4) is 11.5 Å². The quantitative estimate of drug-likeness (QED) is 0.588. The Morgan fingerprint density at radius 2 is 1.45 bits per heavy atom. The van der Waals surface area contributed by atoms with Gasteiger partial charge in [-0.1, -0.05) is 33.6 Å². The third-order valence-electron chi connectivity index (χ3n) is 5.27. The molecule has 0 spiro atoms. The van der Waals surface area contributed by atoms with Crippen LogP contribution in [0.1, 0.15) is 35.3 Å². The molecule has 7 heteroatoms. The second-order valence-corrected chi connectivity index (χ2v) is 8.33. The lowest BCUT2D eigenvalue weighted by Crippen LogP contribution is -2.51. The van der Waals surface area contributed by atoms with Crippen LogP contribution in [-0.2, 0) is 11.2 Å². The number of aryl methyl sites for hydroxylation is 1. The van der Waals surface area contributed by atoms with Crippen molar-refractivity contribution in [3.63, 3.8) is 0 Å². The van der Waals surface area contributed by atoms with Gasteiger partial charge in [0.1, 0.15) is 0 Å². The summed E-state index contributed by atoms with van der Waals surface area (Å²) < 4.78 is 12.1. The number of ether oxygens (including phenoxy) is 2. The summed E-state index contributed by atoms with van der Waals surface area (Å²) in [6, 6.07) is 11.3. The smallest absolute Gasteiger partial charge is 0.253 e. The van der Waals surface area contributed by atoms with E-state index in [9.17, 15) is 9.59 Å². The van der Waals surface area contributed by atoms with E-state index in [1.807, 2.05) is 67.0 Å². The highest BCUT2D eigenvalue weighted by atomic mass is 79.9. The van der Waals surface area contributed by atoms with Gasteiger partial charge < -0.3 is 19.3 Å². The molecule has 3 rings (SSSR count). The average Bonchev–Trinajstić information content (AvgIpc) is 2.77. The van der Waals surface area contributed by atoms with Crippen LogP contribution < -0.4 is 9.47 Å². The van der Waals surface area contributed by atoms with Gasteiger partial charge in [-0.3, -0.25) is 9.59 Å². The molecule has 0 aromatic heterocycles. The van der Waals surface area contributed by atoms with E-state index in [1.165, 1.54) is 0 Å². The summed E-state index contributed by atoms with van der Waals surface area (Å²) in [4.78, 5) is 29.2. The van der Waals surface area contributed by atoms with E-state index in [0.29, 0.717) is 56.5 Å². The molecule has 0 bridgehead atoms. The van der Waals surface area contributed by atoms with E-state index in [0.717, 1.165) is 15.6 Å². The third-order valence-corrected chi connectivity index (χ3v) is 6.01. The normalized spacial score (nSPS) is 13.8. The number of rotatable bonds is 7. The number of amides is 2. The van der Waals surface area contributed by atoms with Gasteiger partial charge in [-0.15, -0.1) is 0 Å². The molecule has 2 aromatic rings. The second kappa shape index (κ2) is 10.7. The van der Waals surface area contributed by atoms with Crippen molar-refractivity contribution in [1.82, 2.24) is 9.80 Å². The van der Waals surface area contributed by atoms with Crippen molar-refractivity contribution < 1.29 is 19.1 Å². The first-order valence-electron chi connectivity index (χ1n) is 10.6. The number of hydrogen-bond donors (Lipinski definition) is 0. The van der Waals surface area contributed by atoms with Crippen LogP contribution in [0.15, 0.2) is 40.9 Å². The Bertz CT molecular complexity index is 922. The predicted molar refractivity (Wildman–Crippen MR) is 124 cm³/mol. The van der Waals surface area contributed by atoms with Crippen molar-refractivity contribution in [2.75, 3.05) is 39.4 Å². The summed E-state index contributed by atoms with van der Waals surface area (Å²) in [6.07, 6.45) is 0.263. The van der Waals surface area contributed by atoms with E-state index in [2.05, 4.69) is 15.9 Å². The average molecular weight is 489 g/mol. The minimum Gasteiger partial charge on any atom is -0.490 e. The Hall–Kier alpha value is -2.54. The lowest BCUT2D eigenvalue weighted by atomic mass is 10.1. The molecular weight excluding hydrogens is 460 g/mol. The number of benzene rings is 2. The van der Waals surface area contributed by atoms with Gasteiger partial charge in [0, 0.05) is 36.2 Å². The zero-order chi connectivity index (χ0) is 22.4. The van der Waals surface area contributed by atoms with Crippen molar-refractivity contribution in [3.05, 3.63) is 57.6 Å². The molecule has 1 saturated heterocycles. The van der Waals surface area contributed by atoms with Crippen LogP contribution in [0.5, 0.6) is 11.5 Å². The standard InChI is InChI=1S/C24H29BrN2O4/c1-4-30-21-14-19(20(25)16-22(21)31-5-2)15-23(28)26-10-12-27(13-11-26)24(29)18-8-6-17(3)7-9-18/h6-9,14,16H,4-5,10-13,15H2,1-3H3. The largest absolute Gasteiger partial charge is 0.490 e. The third kappa shape index (κ3) is 5.79. The van der Waals surface area contributed by atoms with Gasteiger partial charge >= 0.3 is 0 Å². The first-order valence-corrected chi connectivity index (χ1v) is 11.4. The molecule has 0 atom stereocenters. The maximum atomic E-state index is 12.9. The zero-order valence-electron chi connectivity index (χ0n) is 18.3. The van der Waals surface area contributed by atoms with Gasteiger partial charge in [0.05, 0.1) is 19.6 Å². The molecule has 2 amide bonds. The highest BCUT2D eigenvalue weighted by molar-refractivity contribution is 9.10. The van der Waals surface area contributed by atoms with Gasteiger partial charge in [-0.25, -0.2) is 0 Å². The minimum atomic E-state index is 0.0164. The maximum absolute atomic E-state index is 12.9. The van der Waals surface area contributed by atoms with Crippen LogP contribution in [-0.4, -0.2) is 61.0 Å². The minimum absolute atomic E-state index is 0.0164. The Balaban J connectivity index is 1.61. The lowest BCUT2D eigenvalue weighted by molar-refractivity contribution is -0.131. The maximum Gasteiger partial charge on any atom is 0.253 e. The molecule has 0 N–H and O–H groups in total. The molecule has 1 fully saturated rings. The molecular formula is C24H29BrN2O4. The first-order chi connectivity index (χ1) is 14.9. The van der Waals surface area contributed by atoms with Gasteiger partial charge in [0.25, 0.3) is 5.91 Å². The molecule has 1 aliphatic heterocycles. The summed E-state index contributed by atoms with van der Waals surface area (Å²) in [5.41, 5.74) is 2.67. The van der Waals surface area contributed by atoms with Crippen LogP contribution in [0.4, 0.5) is 0 Å². The topological polar surface area (TPSA) is 59.1 Å². The van der Waals surface area contributed by atoms with E-state index < -0.39 is 0 Å². The summed E-state index contributed by atoms with van der Waals surface area (Å²) in [6.45, 7) is 9.03. The molecule has 31 heavy (non-hydrogen) atoms. The van der Waals surface area contributed by atoms with E-state index >= 15 is 0 Å².